The average molecular weight is 235 g/mol. The second kappa shape index (κ2) is 3.66. The Morgan fingerprint density at radius 1 is 1.64 bits per heavy atom. The number of aromatic nitrogens is 1. The number of hydrogen-bond donors (Lipinski definition) is 1. The molecule has 0 saturated carbocycles. The van der Waals surface area contributed by atoms with Crippen LogP contribution in [0.3, 0.4) is 0 Å². The standard InChI is InChI=1S/C7H9NO4S2/c1-4-8-5(3-13-4)6(7(9)10)14(2,11)12/h3,6H,1-2H3,(H,9,10). The summed E-state index contributed by atoms with van der Waals surface area (Å²) < 4.78 is 22.3. The van der Waals surface area contributed by atoms with Crippen LogP contribution < -0.4 is 0 Å². The normalized spacial score (nSPS) is 13.9. The number of carboxylic acid groups (broad SMARTS) is 1. The van der Waals surface area contributed by atoms with Gasteiger partial charge < -0.3 is 5.11 Å². The van der Waals surface area contributed by atoms with Gasteiger partial charge in [0.1, 0.15) is 0 Å². The first-order valence-electron chi connectivity index (χ1n) is 3.66. The Balaban J connectivity index is 3.21. The lowest BCUT2D eigenvalue weighted by molar-refractivity contribution is -0.136. The van der Waals surface area contributed by atoms with E-state index in [9.17, 15) is 13.2 Å². The van der Waals surface area contributed by atoms with Crippen molar-refractivity contribution in [3.8, 4) is 0 Å². The summed E-state index contributed by atoms with van der Waals surface area (Å²) in [6.07, 6.45) is 0.889. The Morgan fingerprint density at radius 3 is 2.50 bits per heavy atom. The van der Waals surface area contributed by atoms with Gasteiger partial charge in [-0.15, -0.1) is 11.3 Å². The number of aliphatic carboxylic acids is 1. The van der Waals surface area contributed by atoms with Crippen molar-refractivity contribution in [2.45, 2.75) is 12.2 Å². The summed E-state index contributed by atoms with van der Waals surface area (Å²) in [5, 5.41) is 9.31. The Morgan fingerprint density at radius 2 is 2.21 bits per heavy atom. The van der Waals surface area contributed by atoms with Crippen molar-refractivity contribution >= 4 is 27.1 Å². The molecule has 14 heavy (non-hydrogen) atoms. The molecule has 0 bridgehead atoms. The van der Waals surface area contributed by atoms with Crippen molar-refractivity contribution < 1.29 is 18.3 Å². The molecule has 1 atom stereocenters. The zero-order valence-electron chi connectivity index (χ0n) is 7.59. The van der Waals surface area contributed by atoms with Crippen molar-refractivity contribution in [2.24, 2.45) is 0 Å². The van der Waals surface area contributed by atoms with E-state index in [-0.39, 0.29) is 5.69 Å². The van der Waals surface area contributed by atoms with Gasteiger partial charge in [-0.1, -0.05) is 0 Å². The highest BCUT2D eigenvalue weighted by atomic mass is 32.2. The smallest absolute Gasteiger partial charge is 0.328 e. The van der Waals surface area contributed by atoms with Crippen LogP contribution in [0.4, 0.5) is 0 Å². The van der Waals surface area contributed by atoms with E-state index in [1.807, 2.05) is 0 Å². The topological polar surface area (TPSA) is 84.3 Å². The van der Waals surface area contributed by atoms with Crippen molar-refractivity contribution in [3.63, 3.8) is 0 Å². The molecule has 5 nitrogen and oxygen atoms in total. The minimum absolute atomic E-state index is 0.0856. The van der Waals surface area contributed by atoms with E-state index in [0.717, 1.165) is 6.26 Å². The highest BCUT2D eigenvalue weighted by Crippen LogP contribution is 2.23. The van der Waals surface area contributed by atoms with Gasteiger partial charge in [0.2, 0.25) is 5.25 Å². The van der Waals surface area contributed by atoms with Crippen LogP contribution >= 0.6 is 11.3 Å². The van der Waals surface area contributed by atoms with Gasteiger partial charge in [-0.05, 0) is 6.92 Å². The third kappa shape index (κ3) is 2.30. The molecule has 1 heterocycles. The maximum Gasteiger partial charge on any atom is 0.328 e. The van der Waals surface area contributed by atoms with Crippen molar-refractivity contribution in [3.05, 3.63) is 16.1 Å². The van der Waals surface area contributed by atoms with E-state index < -0.39 is 21.1 Å². The maximum absolute atomic E-state index is 11.2. The Bertz CT molecular complexity index is 448. The third-order valence-corrected chi connectivity index (χ3v) is 3.65. The molecule has 1 aromatic rings. The molecule has 0 amide bonds. The summed E-state index contributed by atoms with van der Waals surface area (Å²) in [4.78, 5) is 14.6. The molecule has 7 heteroatoms. The van der Waals surface area contributed by atoms with E-state index in [1.165, 1.54) is 16.7 Å². The van der Waals surface area contributed by atoms with Crippen LogP contribution in [0, 0.1) is 6.92 Å². The number of nitrogens with zero attached hydrogens (tertiary/aromatic N) is 1. The highest BCUT2D eigenvalue weighted by molar-refractivity contribution is 7.91. The SMILES string of the molecule is Cc1nc(C(C(=O)O)S(C)(=O)=O)cs1. The summed E-state index contributed by atoms with van der Waals surface area (Å²) >= 11 is 1.23. The summed E-state index contributed by atoms with van der Waals surface area (Å²) in [7, 11) is -3.66. The average Bonchev–Trinajstić information content (AvgIpc) is 2.31. The molecule has 1 rings (SSSR count). The molecule has 0 fully saturated rings. The quantitative estimate of drug-likeness (QED) is 0.830. The lowest BCUT2D eigenvalue weighted by atomic mass is 10.3. The lowest BCUT2D eigenvalue weighted by Crippen LogP contribution is -2.21. The van der Waals surface area contributed by atoms with Crippen molar-refractivity contribution in [1.29, 1.82) is 0 Å². The minimum Gasteiger partial charge on any atom is -0.480 e. The molecule has 0 aliphatic rings. The van der Waals surface area contributed by atoms with Gasteiger partial charge in [-0.3, -0.25) is 4.79 Å². The minimum atomic E-state index is -3.66. The molecule has 0 saturated heterocycles. The van der Waals surface area contributed by atoms with E-state index >= 15 is 0 Å². The van der Waals surface area contributed by atoms with E-state index in [1.54, 1.807) is 6.92 Å². The first-order chi connectivity index (χ1) is 6.32. The molecule has 0 spiro atoms. The molecule has 1 N–H and O–H groups in total. The molecule has 0 radical (unpaired) electrons. The number of thiazole rings is 1. The number of rotatable bonds is 3. The van der Waals surface area contributed by atoms with Crippen molar-refractivity contribution in [1.82, 2.24) is 4.98 Å². The number of carbonyl (C=O) groups is 1. The fourth-order valence-corrected chi connectivity index (χ4v) is 2.68. The molecule has 1 aromatic heterocycles. The summed E-state index contributed by atoms with van der Waals surface area (Å²) in [6.45, 7) is 1.69. The number of hydrogen-bond acceptors (Lipinski definition) is 5. The summed E-state index contributed by atoms with van der Waals surface area (Å²) in [6, 6.07) is 0. The van der Waals surface area contributed by atoms with Gasteiger partial charge in [-0.2, -0.15) is 0 Å². The molecule has 0 aliphatic carbocycles. The second-order valence-corrected chi connectivity index (χ2v) is 6.03. The fraction of sp³-hybridized carbons (Fsp3) is 0.429. The Kier molecular flexibility index (Phi) is 2.91. The molecule has 1 unspecified atom stereocenters. The highest BCUT2D eigenvalue weighted by Gasteiger charge is 2.32. The zero-order valence-corrected chi connectivity index (χ0v) is 9.22. The molecule has 0 aromatic carbocycles. The molecule has 0 aliphatic heterocycles. The zero-order chi connectivity index (χ0) is 10.9. The Hall–Kier alpha value is -0.950. The van der Waals surface area contributed by atoms with Gasteiger partial charge >= 0.3 is 5.97 Å². The fourth-order valence-electron chi connectivity index (χ4n) is 1.03. The third-order valence-electron chi connectivity index (χ3n) is 1.56. The van der Waals surface area contributed by atoms with Gasteiger partial charge in [-0.25, -0.2) is 13.4 Å². The number of carboxylic acids is 1. The largest absolute Gasteiger partial charge is 0.480 e. The van der Waals surface area contributed by atoms with Crippen molar-refractivity contribution in [2.75, 3.05) is 6.26 Å². The monoisotopic (exact) mass is 235 g/mol. The lowest BCUT2D eigenvalue weighted by Gasteiger charge is -2.06. The Labute approximate surface area is 85.3 Å². The van der Waals surface area contributed by atoms with Gasteiger partial charge in [0.25, 0.3) is 0 Å². The van der Waals surface area contributed by atoms with Crippen LogP contribution in [0.15, 0.2) is 5.38 Å². The van der Waals surface area contributed by atoms with Crippen LogP contribution in [0.2, 0.25) is 0 Å². The second-order valence-electron chi connectivity index (χ2n) is 2.84. The summed E-state index contributed by atoms with van der Waals surface area (Å²) in [5.41, 5.74) is 0.0856. The summed E-state index contributed by atoms with van der Waals surface area (Å²) in [5.74, 6) is -1.39. The first-order valence-corrected chi connectivity index (χ1v) is 6.49. The molecule has 78 valence electrons. The molecular weight excluding hydrogens is 226 g/mol. The predicted octanol–water partition coefficient (Wildman–Crippen LogP) is 0.622. The van der Waals surface area contributed by atoms with E-state index in [0.29, 0.717) is 5.01 Å². The van der Waals surface area contributed by atoms with Crippen LogP contribution in [0.5, 0.6) is 0 Å². The van der Waals surface area contributed by atoms with Gasteiger partial charge in [0, 0.05) is 11.6 Å². The van der Waals surface area contributed by atoms with Crippen LogP contribution in [0.1, 0.15) is 16.0 Å². The van der Waals surface area contributed by atoms with Crippen LogP contribution in [-0.4, -0.2) is 30.7 Å². The van der Waals surface area contributed by atoms with E-state index in [4.69, 9.17) is 5.11 Å². The van der Waals surface area contributed by atoms with Crippen LogP contribution in [-0.2, 0) is 14.6 Å². The maximum atomic E-state index is 11.2. The van der Waals surface area contributed by atoms with Gasteiger partial charge in [0.15, 0.2) is 9.84 Å². The number of sulfone groups is 1. The van der Waals surface area contributed by atoms with Crippen LogP contribution in [0.25, 0.3) is 0 Å². The van der Waals surface area contributed by atoms with E-state index in [2.05, 4.69) is 4.98 Å². The first kappa shape index (κ1) is 11.1. The predicted molar refractivity (Wildman–Crippen MR) is 52.1 cm³/mol. The van der Waals surface area contributed by atoms with Gasteiger partial charge in [0.05, 0.1) is 10.7 Å². The molecular formula is C7H9NO4S2. The number of aryl methyl sites for hydroxylation is 1.